The second-order valence-corrected chi connectivity index (χ2v) is 3.06. The summed E-state index contributed by atoms with van der Waals surface area (Å²) in [6.07, 6.45) is 0.856. The molecule has 2 N–H and O–H groups in total. The van der Waals surface area contributed by atoms with Gasteiger partial charge >= 0.3 is 5.97 Å². The number of nitrogens with two attached hydrogens (primary N) is 1. The van der Waals surface area contributed by atoms with Crippen molar-refractivity contribution in [3.05, 3.63) is 23.8 Å². The molecule has 0 bridgehead atoms. The zero-order chi connectivity index (χ0) is 11.3. The monoisotopic (exact) mass is 209 g/mol. The van der Waals surface area contributed by atoms with E-state index in [0.717, 1.165) is 6.42 Å². The van der Waals surface area contributed by atoms with Crippen LogP contribution in [0, 0.1) is 0 Å². The van der Waals surface area contributed by atoms with E-state index in [1.54, 1.807) is 18.2 Å². The van der Waals surface area contributed by atoms with Crippen molar-refractivity contribution in [2.24, 2.45) is 0 Å². The average Bonchev–Trinajstić information content (AvgIpc) is 2.26. The number of nitrogen functional groups attached to an aromatic ring is 1. The first-order chi connectivity index (χ1) is 7.20. The molecule has 0 unspecified atom stereocenters. The Hall–Kier alpha value is -1.71. The number of methoxy groups -OCH3 is 1. The highest BCUT2D eigenvalue weighted by Gasteiger charge is 2.14. The van der Waals surface area contributed by atoms with Gasteiger partial charge in [-0.15, -0.1) is 0 Å². The number of esters is 1. The molecule has 0 aliphatic rings. The van der Waals surface area contributed by atoms with Gasteiger partial charge in [0.15, 0.2) is 5.75 Å². The number of hydrogen-bond donors (Lipinski definition) is 1. The van der Waals surface area contributed by atoms with Gasteiger partial charge in [0.2, 0.25) is 0 Å². The number of carbonyl (C=O) groups excluding carboxylic acids is 1. The summed E-state index contributed by atoms with van der Waals surface area (Å²) in [4.78, 5) is 11.4. The minimum Gasteiger partial charge on any atom is -0.491 e. The minimum atomic E-state index is -0.437. The molecular formula is C11H15NO3. The maximum Gasteiger partial charge on any atom is 0.341 e. The fourth-order valence-corrected chi connectivity index (χ4v) is 1.19. The van der Waals surface area contributed by atoms with E-state index in [4.69, 9.17) is 10.5 Å². The molecule has 1 rings (SSSR count). The third-order valence-electron chi connectivity index (χ3n) is 1.90. The average molecular weight is 209 g/mol. The van der Waals surface area contributed by atoms with Crippen molar-refractivity contribution in [1.82, 2.24) is 0 Å². The maximum atomic E-state index is 11.4. The van der Waals surface area contributed by atoms with E-state index in [1.807, 2.05) is 6.92 Å². The normalized spacial score (nSPS) is 9.73. The summed E-state index contributed by atoms with van der Waals surface area (Å²) in [6.45, 7) is 2.51. The first kappa shape index (κ1) is 11.4. The molecule has 0 atom stereocenters. The quantitative estimate of drug-likeness (QED) is 0.607. The van der Waals surface area contributed by atoms with Crippen LogP contribution in [0.5, 0.6) is 5.75 Å². The van der Waals surface area contributed by atoms with Crippen molar-refractivity contribution in [3.8, 4) is 5.75 Å². The molecule has 0 aromatic heterocycles. The lowest BCUT2D eigenvalue weighted by molar-refractivity contribution is 0.0596. The number of rotatable bonds is 4. The number of para-hydroxylation sites is 1. The van der Waals surface area contributed by atoms with Gasteiger partial charge in [-0.25, -0.2) is 4.79 Å². The molecule has 1 aromatic rings. The zero-order valence-corrected chi connectivity index (χ0v) is 8.95. The SMILES string of the molecule is CCCOc1c(N)cccc1C(=O)OC. The molecule has 1 aromatic carbocycles. The summed E-state index contributed by atoms with van der Waals surface area (Å²) in [7, 11) is 1.33. The third-order valence-corrected chi connectivity index (χ3v) is 1.90. The smallest absolute Gasteiger partial charge is 0.341 e. The summed E-state index contributed by atoms with van der Waals surface area (Å²) < 4.78 is 10.1. The van der Waals surface area contributed by atoms with Crippen LogP contribution in [0.25, 0.3) is 0 Å². The summed E-state index contributed by atoms with van der Waals surface area (Å²) >= 11 is 0. The largest absolute Gasteiger partial charge is 0.491 e. The first-order valence-corrected chi connectivity index (χ1v) is 4.80. The Morgan fingerprint density at radius 3 is 2.80 bits per heavy atom. The Kier molecular flexibility index (Phi) is 3.97. The highest BCUT2D eigenvalue weighted by atomic mass is 16.5. The lowest BCUT2D eigenvalue weighted by Gasteiger charge is -2.11. The summed E-state index contributed by atoms with van der Waals surface area (Å²) in [5.74, 6) is -0.0281. The summed E-state index contributed by atoms with van der Waals surface area (Å²) in [5, 5.41) is 0. The van der Waals surface area contributed by atoms with E-state index in [9.17, 15) is 4.79 Å². The summed E-state index contributed by atoms with van der Waals surface area (Å²) in [6, 6.07) is 5.02. The Morgan fingerprint density at radius 2 is 2.20 bits per heavy atom. The predicted molar refractivity (Wildman–Crippen MR) is 58.0 cm³/mol. The fourth-order valence-electron chi connectivity index (χ4n) is 1.19. The molecular weight excluding hydrogens is 194 g/mol. The first-order valence-electron chi connectivity index (χ1n) is 4.80. The van der Waals surface area contributed by atoms with Crippen LogP contribution in [0.15, 0.2) is 18.2 Å². The van der Waals surface area contributed by atoms with E-state index in [0.29, 0.717) is 23.6 Å². The van der Waals surface area contributed by atoms with Crippen molar-refractivity contribution in [2.75, 3.05) is 19.5 Å². The molecule has 82 valence electrons. The van der Waals surface area contributed by atoms with Crippen LogP contribution in [0.2, 0.25) is 0 Å². The fraction of sp³-hybridized carbons (Fsp3) is 0.364. The van der Waals surface area contributed by atoms with Crippen LogP contribution in [0.3, 0.4) is 0 Å². The third kappa shape index (κ3) is 2.62. The van der Waals surface area contributed by atoms with Gasteiger partial charge in [-0.3, -0.25) is 0 Å². The standard InChI is InChI=1S/C11H15NO3/c1-3-7-15-10-8(11(13)14-2)5-4-6-9(10)12/h4-6H,3,7,12H2,1-2H3. The molecule has 0 aliphatic carbocycles. The number of benzene rings is 1. The van der Waals surface area contributed by atoms with Crippen molar-refractivity contribution >= 4 is 11.7 Å². The van der Waals surface area contributed by atoms with E-state index in [1.165, 1.54) is 7.11 Å². The molecule has 0 spiro atoms. The van der Waals surface area contributed by atoms with Crippen molar-refractivity contribution in [1.29, 1.82) is 0 Å². The van der Waals surface area contributed by atoms with Crippen LogP contribution in [0.1, 0.15) is 23.7 Å². The lowest BCUT2D eigenvalue weighted by Crippen LogP contribution is -2.08. The van der Waals surface area contributed by atoms with Gasteiger partial charge in [-0.1, -0.05) is 13.0 Å². The molecule has 0 heterocycles. The van der Waals surface area contributed by atoms with Crippen molar-refractivity contribution < 1.29 is 14.3 Å². The number of hydrogen-bond acceptors (Lipinski definition) is 4. The second kappa shape index (κ2) is 5.24. The van der Waals surface area contributed by atoms with Gasteiger partial charge in [-0.2, -0.15) is 0 Å². The number of carbonyl (C=O) groups is 1. The van der Waals surface area contributed by atoms with Gasteiger partial charge in [0.1, 0.15) is 5.56 Å². The Labute approximate surface area is 89.0 Å². The van der Waals surface area contributed by atoms with Crippen molar-refractivity contribution in [2.45, 2.75) is 13.3 Å². The molecule has 4 nitrogen and oxygen atoms in total. The number of ether oxygens (including phenoxy) is 2. The van der Waals surface area contributed by atoms with E-state index >= 15 is 0 Å². The van der Waals surface area contributed by atoms with Crippen LogP contribution in [0.4, 0.5) is 5.69 Å². The topological polar surface area (TPSA) is 61.5 Å². The van der Waals surface area contributed by atoms with Gasteiger partial charge in [0.05, 0.1) is 19.4 Å². The van der Waals surface area contributed by atoms with Gasteiger partial charge < -0.3 is 15.2 Å². The number of anilines is 1. The molecule has 15 heavy (non-hydrogen) atoms. The molecule has 4 heteroatoms. The molecule has 0 radical (unpaired) electrons. The van der Waals surface area contributed by atoms with Crippen LogP contribution < -0.4 is 10.5 Å². The van der Waals surface area contributed by atoms with Crippen molar-refractivity contribution in [3.63, 3.8) is 0 Å². The molecule has 0 saturated heterocycles. The van der Waals surface area contributed by atoms with E-state index in [-0.39, 0.29) is 0 Å². The van der Waals surface area contributed by atoms with Crippen LogP contribution >= 0.6 is 0 Å². The van der Waals surface area contributed by atoms with Gasteiger partial charge in [-0.05, 0) is 18.6 Å². The molecule has 0 fully saturated rings. The maximum absolute atomic E-state index is 11.4. The summed E-state index contributed by atoms with van der Waals surface area (Å²) in [5.41, 5.74) is 6.54. The van der Waals surface area contributed by atoms with Gasteiger partial charge in [0, 0.05) is 0 Å². The minimum absolute atomic E-state index is 0.367. The van der Waals surface area contributed by atoms with E-state index < -0.39 is 5.97 Å². The highest BCUT2D eigenvalue weighted by molar-refractivity contribution is 5.94. The molecule has 0 amide bonds. The Balaban J connectivity index is 3.03. The van der Waals surface area contributed by atoms with E-state index in [2.05, 4.69) is 4.74 Å². The molecule has 0 aliphatic heterocycles. The molecule has 0 saturated carbocycles. The zero-order valence-electron chi connectivity index (χ0n) is 8.95. The van der Waals surface area contributed by atoms with Crippen LogP contribution in [-0.4, -0.2) is 19.7 Å². The van der Waals surface area contributed by atoms with Crippen LogP contribution in [-0.2, 0) is 4.74 Å². The lowest BCUT2D eigenvalue weighted by atomic mass is 10.2. The Morgan fingerprint density at radius 1 is 1.47 bits per heavy atom. The Bertz CT molecular complexity index is 350. The predicted octanol–water partition coefficient (Wildman–Crippen LogP) is 1.84. The van der Waals surface area contributed by atoms with Gasteiger partial charge in [0.25, 0.3) is 0 Å². The second-order valence-electron chi connectivity index (χ2n) is 3.06. The highest BCUT2D eigenvalue weighted by Crippen LogP contribution is 2.26.